The summed E-state index contributed by atoms with van der Waals surface area (Å²) in [6.07, 6.45) is 0.713. The molecule has 6 nitrogen and oxygen atoms in total. The van der Waals surface area contributed by atoms with Gasteiger partial charge in [0.15, 0.2) is 0 Å². The summed E-state index contributed by atoms with van der Waals surface area (Å²) in [5.74, 6) is 0.920. The van der Waals surface area contributed by atoms with Crippen molar-refractivity contribution in [2.75, 3.05) is 14.1 Å². The van der Waals surface area contributed by atoms with Crippen molar-refractivity contribution in [3.05, 3.63) is 82.4 Å². The standard InChI is InChI=1S/C25H26N4O2S/c1-29(2)16-18-7-9-19(10-8-18)22-6-4-3-5-20(22)15-26-23(30)11-12-24-27-28-25(31-24)21-13-14-32-17-21/h3-10,13-14,17H,11-12,15-16H2,1-2H3,(H,26,30). The third kappa shape index (κ3) is 5.69. The second-order valence-corrected chi connectivity index (χ2v) is 8.66. The van der Waals surface area contributed by atoms with Crippen LogP contribution in [0.25, 0.3) is 22.6 Å². The molecular weight excluding hydrogens is 420 g/mol. The van der Waals surface area contributed by atoms with Gasteiger partial charge in [-0.2, -0.15) is 11.3 Å². The van der Waals surface area contributed by atoms with Gasteiger partial charge in [0.25, 0.3) is 0 Å². The zero-order chi connectivity index (χ0) is 22.3. The number of amides is 1. The van der Waals surface area contributed by atoms with Gasteiger partial charge in [0, 0.05) is 36.9 Å². The molecule has 0 aliphatic rings. The second-order valence-electron chi connectivity index (χ2n) is 7.88. The summed E-state index contributed by atoms with van der Waals surface area (Å²) in [6, 6.07) is 18.7. The summed E-state index contributed by atoms with van der Waals surface area (Å²) in [6.45, 7) is 1.38. The van der Waals surface area contributed by atoms with Crippen LogP contribution >= 0.6 is 11.3 Å². The third-order valence-corrected chi connectivity index (χ3v) is 5.74. The first-order valence-corrected chi connectivity index (χ1v) is 11.5. The highest BCUT2D eigenvalue weighted by atomic mass is 32.1. The number of thiophene rings is 1. The number of carbonyl (C=O) groups is 1. The van der Waals surface area contributed by atoms with E-state index in [2.05, 4.69) is 70.9 Å². The summed E-state index contributed by atoms with van der Waals surface area (Å²) in [7, 11) is 4.12. The van der Waals surface area contributed by atoms with Crippen LogP contribution in [-0.2, 0) is 24.3 Å². The zero-order valence-corrected chi connectivity index (χ0v) is 19.1. The normalized spacial score (nSPS) is 11.1. The molecule has 4 rings (SSSR count). The van der Waals surface area contributed by atoms with Crippen molar-refractivity contribution in [3.63, 3.8) is 0 Å². The predicted molar refractivity (Wildman–Crippen MR) is 127 cm³/mol. The van der Waals surface area contributed by atoms with Crippen LogP contribution in [0.5, 0.6) is 0 Å². The van der Waals surface area contributed by atoms with Crippen LogP contribution in [0.15, 0.2) is 69.8 Å². The Morgan fingerprint density at radius 2 is 1.84 bits per heavy atom. The minimum Gasteiger partial charge on any atom is -0.421 e. The topological polar surface area (TPSA) is 71.3 Å². The number of hydrogen-bond acceptors (Lipinski definition) is 6. The van der Waals surface area contributed by atoms with Gasteiger partial charge in [-0.3, -0.25) is 4.79 Å². The third-order valence-electron chi connectivity index (χ3n) is 5.06. The number of nitrogens with one attached hydrogen (secondary N) is 1. The van der Waals surface area contributed by atoms with E-state index in [0.717, 1.165) is 28.8 Å². The van der Waals surface area contributed by atoms with E-state index < -0.39 is 0 Å². The van der Waals surface area contributed by atoms with Gasteiger partial charge in [-0.15, -0.1) is 10.2 Å². The van der Waals surface area contributed by atoms with Crippen molar-refractivity contribution in [3.8, 4) is 22.6 Å². The highest BCUT2D eigenvalue weighted by molar-refractivity contribution is 7.08. The van der Waals surface area contributed by atoms with E-state index in [1.807, 2.05) is 29.0 Å². The first kappa shape index (κ1) is 21.9. The van der Waals surface area contributed by atoms with Crippen molar-refractivity contribution in [1.82, 2.24) is 20.4 Å². The Hall–Kier alpha value is -3.29. The highest BCUT2D eigenvalue weighted by Crippen LogP contribution is 2.24. The van der Waals surface area contributed by atoms with Gasteiger partial charge < -0.3 is 14.6 Å². The summed E-state index contributed by atoms with van der Waals surface area (Å²) in [5.41, 5.74) is 5.53. The lowest BCUT2D eigenvalue weighted by Crippen LogP contribution is -2.23. The van der Waals surface area contributed by atoms with Gasteiger partial charge >= 0.3 is 0 Å². The van der Waals surface area contributed by atoms with Crippen molar-refractivity contribution < 1.29 is 9.21 Å². The van der Waals surface area contributed by atoms with E-state index in [4.69, 9.17) is 4.42 Å². The molecule has 2 heterocycles. The van der Waals surface area contributed by atoms with Crippen molar-refractivity contribution in [1.29, 1.82) is 0 Å². The Labute approximate surface area is 191 Å². The number of rotatable bonds is 9. The SMILES string of the molecule is CN(C)Cc1ccc(-c2ccccc2CNC(=O)CCc2nnc(-c3ccsc3)o2)cc1. The van der Waals surface area contributed by atoms with Crippen LogP contribution in [0.3, 0.4) is 0 Å². The molecule has 2 aromatic heterocycles. The fraction of sp³-hybridized carbons (Fsp3) is 0.240. The number of aryl methyl sites for hydroxylation is 1. The first-order chi connectivity index (χ1) is 15.6. The lowest BCUT2D eigenvalue weighted by Gasteiger charge is -2.13. The Morgan fingerprint density at radius 3 is 2.59 bits per heavy atom. The lowest BCUT2D eigenvalue weighted by atomic mass is 9.98. The van der Waals surface area contributed by atoms with Gasteiger partial charge in [0.2, 0.25) is 17.7 Å². The van der Waals surface area contributed by atoms with Crippen molar-refractivity contribution >= 4 is 17.2 Å². The molecule has 0 aliphatic heterocycles. The van der Waals surface area contributed by atoms with Crippen LogP contribution < -0.4 is 5.32 Å². The molecule has 0 atom stereocenters. The molecule has 0 aliphatic carbocycles. The molecule has 0 radical (unpaired) electrons. The Kier molecular flexibility index (Phi) is 7.09. The maximum Gasteiger partial charge on any atom is 0.248 e. The van der Waals surface area contributed by atoms with Crippen LogP contribution in [0.4, 0.5) is 0 Å². The van der Waals surface area contributed by atoms with Crippen LogP contribution in [0.1, 0.15) is 23.4 Å². The molecule has 0 spiro atoms. The maximum absolute atomic E-state index is 12.4. The zero-order valence-electron chi connectivity index (χ0n) is 18.2. The molecule has 7 heteroatoms. The second kappa shape index (κ2) is 10.3. The molecule has 0 fully saturated rings. The molecule has 1 amide bonds. The largest absolute Gasteiger partial charge is 0.421 e. The van der Waals surface area contributed by atoms with E-state index in [1.165, 1.54) is 5.56 Å². The summed E-state index contributed by atoms with van der Waals surface area (Å²) in [4.78, 5) is 14.6. The quantitative estimate of drug-likeness (QED) is 0.401. The molecule has 0 bridgehead atoms. The number of nitrogens with zero attached hydrogens (tertiary/aromatic N) is 3. The fourth-order valence-corrected chi connectivity index (χ4v) is 4.10. The van der Waals surface area contributed by atoms with Crippen LogP contribution in [0.2, 0.25) is 0 Å². The van der Waals surface area contributed by atoms with E-state index in [9.17, 15) is 4.79 Å². The fourth-order valence-electron chi connectivity index (χ4n) is 3.47. The Balaban J connectivity index is 1.33. The summed E-state index contributed by atoms with van der Waals surface area (Å²) in [5, 5.41) is 15.0. The number of hydrogen-bond donors (Lipinski definition) is 1. The lowest BCUT2D eigenvalue weighted by molar-refractivity contribution is -0.121. The van der Waals surface area contributed by atoms with Crippen molar-refractivity contribution in [2.45, 2.75) is 25.9 Å². The van der Waals surface area contributed by atoms with E-state index in [-0.39, 0.29) is 5.91 Å². The molecule has 2 aromatic carbocycles. The summed E-state index contributed by atoms with van der Waals surface area (Å²) >= 11 is 1.57. The van der Waals surface area contributed by atoms with Crippen LogP contribution in [-0.4, -0.2) is 35.1 Å². The summed E-state index contributed by atoms with van der Waals surface area (Å²) < 4.78 is 5.65. The van der Waals surface area contributed by atoms with E-state index >= 15 is 0 Å². The minimum atomic E-state index is -0.0450. The smallest absolute Gasteiger partial charge is 0.248 e. The van der Waals surface area contributed by atoms with Gasteiger partial charge in [-0.1, -0.05) is 48.5 Å². The Morgan fingerprint density at radius 1 is 1.03 bits per heavy atom. The first-order valence-electron chi connectivity index (χ1n) is 10.5. The monoisotopic (exact) mass is 446 g/mol. The van der Waals surface area contributed by atoms with Gasteiger partial charge in [0.1, 0.15) is 0 Å². The van der Waals surface area contributed by atoms with Gasteiger partial charge in [-0.25, -0.2) is 0 Å². The van der Waals surface area contributed by atoms with Crippen LogP contribution in [0, 0.1) is 0 Å². The Bertz CT molecular complexity index is 1150. The molecule has 32 heavy (non-hydrogen) atoms. The molecule has 164 valence electrons. The highest BCUT2D eigenvalue weighted by Gasteiger charge is 2.12. The molecular formula is C25H26N4O2S. The average Bonchev–Trinajstić information content (AvgIpc) is 3.49. The number of benzene rings is 2. The maximum atomic E-state index is 12.4. The predicted octanol–water partition coefficient (Wildman–Crippen LogP) is 4.78. The molecule has 4 aromatic rings. The molecule has 1 N–H and O–H groups in total. The van der Waals surface area contributed by atoms with Gasteiger partial charge in [0.05, 0.1) is 0 Å². The molecule has 0 unspecified atom stereocenters. The minimum absolute atomic E-state index is 0.0450. The van der Waals surface area contributed by atoms with E-state index in [1.54, 1.807) is 11.3 Å². The average molecular weight is 447 g/mol. The number of aromatic nitrogens is 2. The molecule has 0 saturated heterocycles. The van der Waals surface area contributed by atoms with Gasteiger partial charge in [-0.05, 0) is 47.8 Å². The number of carbonyl (C=O) groups excluding carboxylic acids is 1. The van der Waals surface area contributed by atoms with Crippen molar-refractivity contribution in [2.24, 2.45) is 0 Å². The van der Waals surface area contributed by atoms with E-state index in [0.29, 0.717) is 31.2 Å². The molecule has 0 saturated carbocycles.